The van der Waals surface area contributed by atoms with Gasteiger partial charge in [0.05, 0.1) is 5.92 Å². The Kier molecular flexibility index (Phi) is 4.75. The van der Waals surface area contributed by atoms with E-state index in [1.165, 1.54) is 16.6 Å². The molecular weight excluding hydrogens is 326 g/mol. The number of hydrogen-bond donors (Lipinski definition) is 2. The lowest BCUT2D eigenvalue weighted by Crippen LogP contribution is -2.31. The van der Waals surface area contributed by atoms with Gasteiger partial charge in [-0.1, -0.05) is 25.5 Å². The normalized spacial score (nSPS) is 17.3. The van der Waals surface area contributed by atoms with Crippen molar-refractivity contribution in [2.75, 3.05) is 16.9 Å². The van der Waals surface area contributed by atoms with Gasteiger partial charge in [-0.15, -0.1) is 0 Å². The van der Waals surface area contributed by atoms with E-state index in [4.69, 9.17) is 12.2 Å². The zero-order valence-electron chi connectivity index (χ0n) is 13.4. The molecule has 8 heteroatoms. The SMILES string of the molecule is CCCc1ccc(N2CC(C(=O)Nn3cn[nH]c3=S)CC2=O)cc1. The molecular formula is C16H19N5O2S. The molecule has 7 nitrogen and oxygen atoms in total. The molecule has 2 amide bonds. The number of H-pyrrole nitrogens is 1. The molecule has 1 aromatic carbocycles. The molecule has 0 spiro atoms. The Morgan fingerprint density at radius 2 is 2.17 bits per heavy atom. The third kappa shape index (κ3) is 3.38. The number of amides is 2. The number of anilines is 1. The summed E-state index contributed by atoms with van der Waals surface area (Å²) in [5, 5.41) is 6.30. The van der Waals surface area contributed by atoms with E-state index < -0.39 is 5.92 Å². The Morgan fingerprint density at radius 1 is 1.42 bits per heavy atom. The minimum Gasteiger partial charge on any atom is -0.312 e. The standard InChI is InChI=1S/C16H19N5O2S/c1-2-3-11-4-6-13(7-5-11)20-9-12(8-14(20)22)15(23)19-21-10-17-18-16(21)24/h4-7,10,12H,2-3,8-9H2,1H3,(H,18,24)(H,19,23). The molecule has 0 aliphatic carbocycles. The predicted octanol–water partition coefficient (Wildman–Crippen LogP) is 2.02. The van der Waals surface area contributed by atoms with Gasteiger partial charge >= 0.3 is 0 Å². The van der Waals surface area contributed by atoms with Crippen LogP contribution >= 0.6 is 12.2 Å². The number of nitrogens with zero attached hydrogens (tertiary/aromatic N) is 3. The first kappa shape index (κ1) is 16.4. The maximum atomic E-state index is 12.3. The highest BCUT2D eigenvalue weighted by Crippen LogP contribution is 2.26. The Morgan fingerprint density at radius 3 is 2.79 bits per heavy atom. The number of rotatable bonds is 5. The second kappa shape index (κ2) is 6.96. The molecule has 0 radical (unpaired) electrons. The average molecular weight is 345 g/mol. The Hall–Kier alpha value is -2.48. The summed E-state index contributed by atoms with van der Waals surface area (Å²) in [5.41, 5.74) is 4.73. The molecule has 1 aliphatic heterocycles. The van der Waals surface area contributed by atoms with E-state index in [1.54, 1.807) is 4.90 Å². The van der Waals surface area contributed by atoms with E-state index in [1.807, 2.05) is 24.3 Å². The molecule has 0 bridgehead atoms. The van der Waals surface area contributed by atoms with Crippen molar-refractivity contribution in [3.05, 3.63) is 40.9 Å². The Bertz CT molecular complexity index is 795. The zero-order chi connectivity index (χ0) is 17.1. The van der Waals surface area contributed by atoms with Gasteiger partial charge in [0.15, 0.2) is 0 Å². The van der Waals surface area contributed by atoms with Crippen LogP contribution < -0.4 is 10.3 Å². The van der Waals surface area contributed by atoms with Crippen LogP contribution in [0.2, 0.25) is 0 Å². The topological polar surface area (TPSA) is 83.0 Å². The zero-order valence-corrected chi connectivity index (χ0v) is 14.2. The van der Waals surface area contributed by atoms with Crippen molar-refractivity contribution < 1.29 is 9.59 Å². The van der Waals surface area contributed by atoms with Crippen LogP contribution in [-0.4, -0.2) is 33.2 Å². The quantitative estimate of drug-likeness (QED) is 0.812. The smallest absolute Gasteiger partial charge is 0.244 e. The highest BCUT2D eigenvalue weighted by molar-refractivity contribution is 7.71. The molecule has 3 rings (SSSR count). The molecule has 2 heterocycles. The highest BCUT2D eigenvalue weighted by Gasteiger charge is 2.35. The number of aromatic nitrogens is 3. The van der Waals surface area contributed by atoms with Gasteiger partial charge in [-0.3, -0.25) is 20.1 Å². The van der Waals surface area contributed by atoms with Gasteiger partial charge in [0, 0.05) is 18.7 Å². The van der Waals surface area contributed by atoms with Gasteiger partial charge in [0.2, 0.25) is 16.6 Å². The first-order chi connectivity index (χ1) is 11.6. The lowest BCUT2D eigenvalue weighted by atomic mass is 10.1. The van der Waals surface area contributed by atoms with Crippen molar-refractivity contribution in [3.63, 3.8) is 0 Å². The summed E-state index contributed by atoms with van der Waals surface area (Å²) in [5.74, 6) is -0.704. The van der Waals surface area contributed by atoms with Gasteiger partial charge in [-0.05, 0) is 36.3 Å². The summed E-state index contributed by atoms with van der Waals surface area (Å²) in [6.45, 7) is 2.50. The molecule has 1 aromatic heterocycles. The van der Waals surface area contributed by atoms with Crippen molar-refractivity contribution in [1.82, 2.24) is 14.9 Å². The largest absolute Gasteiger partial charge is 0.312 e. The lowest BCUT2D eigenvalue weighted by molar-refractivity contribution is -0.123. The van der Waals surface area contributed by atoms with Crippen molar-refractivity contribution >= 4 is 29.7 Å². The summed E-state index contributed by atoms with van der Waals surface area (Å²) in [6, 6.07) is 7.94. The predicted molar refractivity (Wildman–Crippen MR) is 92.7 cm³/mol. The van der Waals surface area contributed by atoms with Crippen LogP contribution in [-0.2, 0) is 16.0 Å². The lowest BCUT2D eigenvalue weighted by Gasteiger charge is -2.17. The van der Waals surface area contributed by atoms with E-state index in [-0.39, 0.29) is 18.2 Å². The third-order valence-electron chi connectivity index (χ3n) is 4.07. The van der Waals surface area contributed by atoms with Crippen molar-refractivity contribution in [3.8, 4) is 0 Å². The Labute approximate surface area is 144 Å². The fourth-order valence-electron chi connectivity index (χ4n) is 2.80. The molecule has 1 fully saturated rings. The fraction of sp³-hybridized carbons (Fsp3) is 0.375. The number of carbonyl (C=O) groups is 2. The first-order valence-electron chi connectivity index (χ1n) is 7.90. The minimum absolute atomic E-state index is 0.0471. The molecule has 2 N–H and O–H groups in total. The fourth-order valence-corrected chi connectivity index (χ4v) is 2.95. The van der Waals surface area contributed by atoms with Crippen LogP contribution in [0.3, 0.4) is 0 Å². The number of carbonyl (C=O) groups excluding carboxylic acids is 2. The van der Waals surface area contributed by atoms with Crippen LogP contribution in [0.5, 0.6) is 0 Å². The van der Waals surface area contributed by atoms with Gasteiger partial charge < -0.3 is 4.90 Å². The average Bonchev–Trinajstić information content (AvgIpc) is 3.15. The summed E-state index contributed by atoms with van der Waals surface area (Å²) >= 11 is 4.99. The van der Waals surface area contributed by atoms with E-state index >= 15 is 0 Å². The summed E-state index contributed by atoms with van der Waals surface area (Å²) in [7, 11) is 0. The van der Waals surface area contributed by atoms with Crippen LogP contribution in [0.15, 0.2) is 30.6 Å². The summed E-state index contributed by atoms with van der Waals surface area (Å²) in [6.07, 6.45) is 3.68. The Balaban J connectivity index is 1.67. The second-order valence-electron chi connectivity index (χ2n) is 5.83. The van der Waals surface area contributed by atoms with E-state index in [0.29, 0.717) is 11.3 Å². The first-order valence-corrected chi connectivity index (χ1v) is 8.31. The molecule has 0 saturated carbocycles. The summed E-state index contributed by atoms with van der Waals surface area (Å²) < 4.78 is 1.64. The molecule has 126 valence electrons. The molecule has 2 aromatic rings. The number of aromatic amines is 1. The van der Waals surface area contributed by atoms with E-state index in [0.717, 1.165) is 18.5 Å². The van der Waals surface area contributed by atoms with E-state index in [2.05, 4.69) is 22.5 Å². The summed E-state index contributed by atoms with van der Waals surface area (Å²) in [4.78, 5) is 26.3. The maximum Gasteiger partial charge on any atom is 0.244 e. The van der Waals surface area contributed by atoms with E-state index in [9.17, 15) is 9.59 Å². The molecule has 1 unspecified atom stereocenters. The van der Waals surface area contributed by atoms with Crippen molar-refractivity contribution in [1.29, 1.82) is 0 Å². The molecule has 24 heavy (non-hydrogen) atoms. The molecule has 1 atom stereocenters. The molecule has 1 saturated heterocycles. The van der Waals surface area contributed by atoms with Crippen molar-refractivity contribution in [2.45, 2.75) is 26.2 Å². The highest BCUT2D eigenvalue weighted by atomic mass is 32.1. The number of hydrogen-bond acceptors (Lipinski definition) is 4. The van der Waals surface area contributed by atoms with Crippen molar-refractivity contribution in [2.24, 2.45) is 5.92 Å². The van der Waals surface area contributed by atoms with Gasteiger partial charge in [0.25, 0.3) is 0 Å². The van der Waals surface area contributed by atoms with Crippen LogP contribution in [0.25, 0.3) is 0 Å². The maximum absolute atomic E-state index is 12.3. The number of aryl methyl sites for hydroxylation is 1. The van der Waals surface area contributed by atoms with Crippen LogP contribution in [0, 0.1) is 10.7 Å². The van der Waals surface area contributed by atoms with Crippen LogP contribution in [0.4, 0.5) is 5.69 Å². The number of benzene rings is 1. The monoisotopic (exact) mass is 345 g/mol. The third-order valence-corrected chi connectivity index (χ3v) is 4.35. The number of nitrogens with one attached hydrogen (secondary N) is 2. The molecule has 1 aliphatic rings. The minimum atomic E-state index is -0.412. The van der Waals surface area contributed by atoms with Crippen LogP contribution in [0.1, 0.15) is 25.3 Å². The van der Waals surface area contributed by atoms with Gasteiger partial charge in [-0.25, -0.2) is 4.68 Å². The van der Waals surface area contributed by atoms with Gasteiger partial charge in [-0.2, -0.15) is 5.10 Å². The second-order valence-corrected chi connectivity index (χ2v) is 6.22. The van der Waals surface area contributed by atoms with Gasteiger partial charge in [0.1, 0.15) is 6.33 Å².